The first-order chi connectivity index (χ1) is 7.51. The van der Waals surface area contributed by atoms with E-state index in [-0.39, 0.29) is 17.3 Å². The van der Waals surface area contributed by atoms with Crippen molar-refractivity contribution in [3.8, 4) is 0 Å². The van der Waals surface area contributed by atoms with Crippen LogP contribution in [-0.2, 0) is 10.0 Å². The molecule has 4 N–H and O–H groups in total. The van der Waals surface area contributed by atoms with Gasteiger partial charge in [0.15, 0.2) is 0 Å². The molecule has 0 spiro atoms. The Bertz CT molecular complexity index is 469. The summed E-state index contributed by atoms with van der Waals surface area (Å²) >= 11 is 0. The average Bonchev–Trinajstić information content (AvgIpc) is 2.65. The van der Waals surface area contributed by atoms with Gasteiger partial charge in [-0.05, 0) is 12.8 Å². The zero-order chi connectivity index (χ0) is 11.8. The van der Waals surface area contributed by atoms with Crippen LogP contribution in [0.5, 0.6) is 0 Å². The largest absolute Gasteiger partial charge is 0.392 e. The number of anilines is 1. The Hall–Kier alpha value is -1.12. The third kappa shape index (κ3) is 1.91. The molecule has 2 heterocycles. The van der Waals surface area contributed by atoms with Gasteiger partial charge >= 0.3 is 0 Å². The van der Waals surface area contributed by atoms with E-state index in [0.717, 1.165) is 0 Å². The van der Waals surface area contributed by atoms with Gasteiger partial charge in [0, 0.05) is 13.1 Å². The lowest BCUT2D eigenvalue weighted by atomic mass is 10.1. The molecule has 1 unspecified atom stereocenters. The van der Waals surface area contributed by atoms with Crippen molar-refractivity contribution in [2.75, 3.05) is 18.8 Å². The van der Waals surface area contributed by atoms with Crippen molar-refractivity contribution in [1.82, 2.24) is 14.5 Å². The summed E-state index contributed by atoms with van der Waals surface area (Å²) in [7, 11) is -3.63. The van der Waals surface area contributed by atoms with Crippen LogP contribution in [0.1, 0.15) is 12.8 Å². The number of nitrogens with zero attached hydrogens (tertiary/aromatic N) is 2. The van der Waals surface area contributed by atoms with Crippen LogP contribution < -0.4 is 5.73 Å². The number of hydrogen-bond acceptors (Lipinski definition) is 5. The maximum Gasteiger partial charge on any atom is 0.248 e. The minimum absolute atomic E-state index is 0.0263. The number of hydrogen-bond donors (Lipinski definition) is 3. The summed E-state index contributed by atoms with van der Waals surface area (Å²) in [4.78, 5) is -0.0263. The van der Waals surface area contributed by atoms with Gasteiger partial charge < -0.3 is 10.8 Å². The van der Waals surface area contributed by atoms with Gasteiger partial charge in [0.1, 0.15) is 10.7 Å². The van der Waals surface area contributed by atoms with E-state index in [2.05, 4.69) is 10.2 Å². The lowest BCUT2D eigenvalue weighted by molar-refractivity contribution is 0.108. The van der Waals surface area contributed by atoms with Gasteiger partial charge in [-0.15, -0.1) is 0 Å². The highest BCUT2D eigenvalue weighted by atomic mass is 32.2. The number of nitrogen functional groups attached to an aromatic ring is 1. The number of aliphatic hydroxyl groups is 1. The molecule has 7 nitrogen and oxygen atoms in total. The number of sulfonamides is 1. The lowest BCUT2D eigenvalue weighted by Crippen LogP contribution is -2.42. The van der Waals surface area contributed by atoms with E-state index in [0.29, 0.717) is 19.4 Å². The molecule has 2 rings (SSSR count). The fraction of sp³-hybridized carbons (Fsp3) is 0.625. The summed E-state index contributed by atoms with van der Waals surface area (Å²) in [5.74, 6) is 0.0278. The molecule has 1 atom stereocenters. The highest BCUT2D eigenvalue weighted by Crippen LogP contribution is 2.23. The summed E-state index contributed by atoms with van der Waals surface area (Å²) in [6.45, 7) is 0.525. The standard InChI is InChI=1S/C8H14N4O3S/c9-8-7(4-10-11-8)16(14,15)12-3-1-2-6(13)5-12/h4,6,13H,1-3,5H2,(H3,9,10,11). The monoisotopic (exact) mass is 246 g/mol. The zero-order valence-corrected chi connectivity index (χ0v) is 9.44. The van der Waals surface area contributed by atoms with Crippen LogP contribution in [0.3, 0.4) is 0 Å². The Morgan fingerprint density at radius 2 is 2.38 bits per heavy atom. The molecule has 90 valence electrons. The number of rotatable bonds is 2. The number of H-pyrrole nitrogens is 1. The predicted octanol–water partition coefficient (Wildman–Crippen LogP) is -0.863. The molecule has 0 aliphatic carbocycles. The molecule has 1 fully saturated rings. The third-order valence-electron chi connectivity index (χ3n) is 2.61. The van der Waals surface area contributed by atoms with E-state index in [1.165, 1.54) is 10.5 Å². The van der Waals surface area contributed by atoms with Gasteiger partial charge in [0.2, 0.25) is 10.0 Å². The van der Waals surface area contributed by atoms with Crippen molar-refractivity contribution in [3.63, 3.8) is 0 Å². The van der Waals surface area contributed by atoms with Gasteiger partial charge in [-0.3, -0.25) is 5.10 Å². The topological polar surface area (TPSA) is 112 Å². The molecule has 1 aromatic rings. The number of nitrogens with two attached hydrogens (primary N) is 1. The number of aliphatic hydroxyl groups excluding tert-OH is 1. The number of aromatic nitrogens is 2. The summed E-state index contributed by atoms with van der Waals surface area (Å²) in [5.41, 5.74) is 5.48. The first-order valence-electron chi connectivity index (χ1n) is 4.99. The summed E-state index contributed by atoms with van der Waals surface area (Å²) in [5, 5.41) is 15.4. The smallest absolute Gasteiger partial charge is 0.248 e. The molecule has 16 heavy (non-hydrogen) atoms. The van der Waals surface area contributed by atoms with E-state index in [1.807, 2.05) is 0 Å². The van der Waals surface area contributed by atoms with E-state index in [4.69, 9.17) is 5.73 Å². The third-order valence-corrected chi connectivity index (χ3v) is 4.50. The quantitative estimate of drug-likeness (QED) is 0.628. The van der Waals surface area contributed by atoms with Gasteiger partial charge in [0.05, 0.1) is 12.3 Å². The van der Waals surface area contributed by atoms with Gasteiger partial charge in [-0.1, -0.05) is 0 Å². The molecule has 1 saturated heterocycles. The maximum absolute atomic E-state index is 12.1. The van der Waals surface area contributed by atoms with Crippen LogP contribution in [0.2, 0.25) is 0 Å². The lowest BCUT2D eigenvalue weighted by Gasteiger charge is -2.28. The average molecular weight is 246 g/mol. The molecule has 1 aliphatic rings. The molecule has 0 radical (unpaired) electrons. The van der Waals surface area contributed by atoms with Crippen molar-refractivity contribution < 1.29 is 13.5 Å². The molecule has 8 heteroatoms. The molecule has 1 aliphatic heterocycles. The molecule has 0 amide bonds. The van der Waals surface area contributed by atoms with Crippen molar-refractivity contribution in [2.24, 2.45) is 0 Å². The van der Waals surface area contributed by atoms with E-state index in [1.54, 1.807) is 0 Å². The Labute approximate surface area is 93.3 Å². The van der Waals surface area contributed by atoms with Crippen molar-refractivity contribution in [3.05, 3.63) is 6.20 Å². The van der Waals surface area contributed by atoms with Crippen molar-refractivity contribution in [1.29, 1.82) is 0 Å². The summed E-state index contributed by atoms with van der Waals surface area (Å²) in [6, 6.07) is 0. The van der Waals surface area contributed by atoms with Crippen LogP contribution in [-0.4, -0.2) is 47.2 Å². The zero-order valence-electron chi connectivity index (χ0n) is 8.63. The molecule has 0 bridgehead atoms. The molecular formula is C8H14N4O3S. The summed E-state index contributed by atoms with van der Waals surface area (Å²) < 4.78 is 25.4. The Kier molecular flexibility index (Phi) is 2.87. The van der Waals surface area contributed by atoms with E-state index in [9.17, 15) is 13.5 Å². The Morgan fingerprint density at radius 1 is 1.62 bits per heavy atom. The maximum atomic E-state index is 12.1. The van der Waals surface area contributed by atoms with Crippen LogP contribution in [0.25, 0.3) is 0 Å². The Morgan fingerprint density at radius 3 is 2.94 bits per heavy atom. The van der Waals surface area contributed by atoms with E-state index < -0.39 is 16.1 Å². The van der Waals surface area contributed by atoms with Crippen LogP contribution in [0, 0.1) is 0 Å². The van der Waals surface area contributed by atoms with Crippen LogP contribution in [0.4, 0.5) is 5.82 Å². The first kappa shape index (κ1) is 11.4. The fourth-order valence-electron chi connectivity index (χ4n) is 1.77. The Balaban J connectivity index is 2.29. The summed E-state index contributed by atoms with van der Waals surface area (Å²) in [6.07, 6.45) is 1.87. The van der Waals surface area contributed by atoms with Crippen LogP contribution >= 0.6 is 0 Å². The second kappa shape index (κ2) is 4.04. The number of piperidine rings is 1. The van der Waals surface area contributed by atoms with Gasteiger partial charge in [-0.2, -0.15) is 9.40 Å². The molecule has 1 aromatic heterocycles. The molecule has 0 saturated carbocycles. The highest BCUT2D eigenvalue weighted by Gasteiger charge is 2.31. The van der Waals surface area contributed by atoms with Gasteiger partial charge in [0.25, 0.3) is 0 Å². The second-order valence-electron chi connectivity index (χ2n) is 3.81. The van der Waals surface area contributed by atoms with Crippen molar-refractivity contribution in [2.45, 2.75) is 23.8 Å². The minimum Gasteiger partial charge on any atom is -0.392 e. The normalized spacial score (nSPS) is 23.4. The SMILES string of the molecule is Nc1[nH]ncc1S(=O)(=O)N1CCCC(O)C1. The number of β-amino-alcohol motifs (C(OH)–C–C–N with tert-alkyl or cyclic N) is 1. The van der Waals surface area contributed by atoms with Crippen molar-refractivity contribution >= 4 is 15.8 Å². The highest BCUT2D eigenvalue weighted by molar-refractivity contribution is 7.89. The molecule has 0 aromatic carbocycles. The predicted molar refractivity (Wildman–Crippen MR) is 57.0 cm³/mol. The molecular weight excluding hydrogens is 232 g/mol. The number of nitrogens with one attached hydrogen (secondary N) is 1. The first-order valence-corrected chi connectivity index (χ1v) is 6.43. The van der Waals surface area contributed by atoms with E-state index >= 15 is 0 Å². The fourth-order valence-corrected chi connectivity index (χ4v) is 3.29. The minimum atomic E-state index is -3.63. The van der Waals surface area contributed by atoms with Crippen LogP contribution in [0.15, 0.2) is 11.1 Å². The van der Waals surface area contributed by atoms with Gasteiger partial charge in [-0.25, -0.2) is 8.42 Å². The number of aromatic amines is 1. The second-order valence-corrected chi connectivity index (χ2v) is 5.71.